The Morgan fingerprint density at radius 2 is 1.71 bits per heavy atom. The van der Waals surface area contributed by atoms with Crippen molar-refractivity contribution in [3.8, 4) is 5.75 Å². The molecule has 8 heteroatoms. The standard InChI is InChI=1S/C27H35ClN4O3/c1-30-12-14-31(15-13-30)19-21-5-3-4-20(16-21)18-29-26(33)22-8-10-32(11-9-22)27(34)24-17-23(28)6-7-25(24)35-2/h3-7,16-17,22H,8-15,18-19H2,1-2H3,(H,29,33). The highest BCUT2D eigenvalue weighted by Crippen LogP contribution is 2.26. The molecule has 0 unspecified atom stereocenters. The van der Waals surface area contributed by atoms with Gasteiger partial charge in [0.05, 0.1) is 12.7 Å². The molecule has 0 saturated carbocycles. The zero-order valence-corrected chi connectivity index (χ0v) is 21.4. The number of nitrogens with one attached hydrogen (secondary N) is 1. The van der Waals surface area contributed by atoms with E-state index in [-0.39, 0.29) is 17.7 Å². The summed E-state index contributed by atoms with van der Waals surface area (Å²) in [5.41, 5.74) is 2.86. The first-order valence-electron chi connectivity index (χ1n) is 12.3. The third-order valence-corrected chi connectivity index (χ3v) is 7.24. The largest absolute Gasteiger partial charge is 0.496 e. The monoisotopic (exact) mass is 498 g/mol. The van der Waals surface area contributed by atoms with Crippen LogP contribution in [0.3, 0.4) is 0 Å². The molecule has 2 aromatic carbocycles. The fourth-order valence-electron chi connectivity index (χ4n) is 4.80. The van der Waals surface area contributed by atoms with Gasteiger partial charge in [0, 0.05) is 63.3 Å². The summed E-state index contributed by atoms with van der Waals surface area (Å²) in [5, 5.41) is 3.60. The van der Waals surface area contributed by atoms with Crippen molar-refractivity contribution in [1.82, 2.24) is 20.0 Å². The van der Waals surface area contributed by atoms with Gasteiger partial charge >= 0.3 is 0 Å². The van der Waals surface area contributed by atoms with Crippen LogP contribution >= 0.6 is 11.6 Å². The Kier molecular flexibility index (Phi) is 8.65. The molecule has 0 spiro atoms. The molecule has 2 amide bonds. The average molecular weight is 499 g/mol. The molecule has 1 N–H and O–H groups in total. The third kappa shape index (κ3) is 6.75. The Morgan fingerprint density at radius 1 is 1.00 bits per heavy atom. The molecular formula is C27H35ClN4O3. The number of hydrogen-bond donors (Lipinski definition) is 1. The van der Waals surface area contributed by atoms with E-state index in [0.29, 0.717) is 48.8 Å². The summed E-state index contributed by atoms with van der Waals surface area (Å²) in [6.07, 6.45) is 1.29. The normalized spacial score (nSPS) is 17.9. The van der Waals surface area contributed by atoms with Crippen molar-refractivity contribution < 1.29 is 14.3 Å². The highest BCUT2D eigenvalue weighted by Gasteiger charge is 2.29. The fourth-order valence-corrected chi connectivity index (χ4v) is 4.97. The van der Waals surface area contributed by atoms with Gasteiger partial charge in [-0.1, -0.05) is 35.9 Å². The first-order valence-corrected chi connectivity index (χ1v) is 12.7. The number of piperidine rings is 1. The van der Waals surface area contributed by atoms with Crippen LogP contribution in [0.15, 0.2) is 42.5 Å². The van der Waals surface area contributed by atoms with Crippen LogP contribution in [0.2, 0.25) is 5.02 Å². The minimum Gasteiger partial charge on any atom is -0.496 e. The van der Waals surface area contributed by atoms with Crippen molar-refractivity contribution in [3.63, 3.8) is 0 Å². The van der Waals surface area contributed by atoms with Gasteiger partial charge in [0.15, 0.2) is 0 Å². The first-order chi connectivity index (χ1) is 16.9. The summed E-state index contributed by atoms with van der Waals surface area (Å²) >= 11 is 6.09. The number of hydrogen-bond acceptors (Lipinski definition) is 5. The molecule has 2 fully saturated rings. The molecule has 0 radical (unpaired) electrons. The SMILES string of the molecule is COc1ccc(Cl)cc1C(=O)N1CCC(C(=O)NCc2cccc(CN3CCN(C)CC3)c2)CC1. The number of nitrogens with zero attached hydrogens (tertiary/aromatic N) is 3. The molecule has 2 saturated heterocycles. The van der Waals surface area contributed by atoms with E-state index in [1.807, 2.05) is 0 Å². The Balaban J connectivity index is 1.25. The lowest BCUT2D eigenvalue weighted by Gasteiger charge is -2.32. The van der Waals surface area contributed by atoms with Crippen LogP contribution in [0.1, 0.15) is 34.3 Å². The van der Waals surface area contributed by atoms with E-state index in [9.17, 15) is 9.59 Å². The first kappa shape index (κ1) is 25.5. The van der Waals surface area contributed by atoms with Crippen LogP contribution in [0.5, 0.6) is 5.75 Å². The van der Waals surface area contributed by atoms with E-state index in [4.69, 9.17) is 16.3 Å². The number of carbonyl (C=O) groups is 2. The smallest absolute Gasteiger partial charge is 0.257 e. The Bertz CT molecular complexity index is 1030. The van der Waals surface area contributed by atoms with E-state index in [1.165, 1.54) is 5.56 Å². The minimum atomic E-state index is -0.111. The highest BCUT2D eigenvalue weighted by molar-refractivity contribution is 6.31. The van der Waals surface area contributed by atoms with Crippen molar-refractivity contribution in [1.29, 1.82) is 0 Å². The minimum absolute atomic E-state index is 0.0573. The van der Waals surface area contributed by atoms with Crippen LogP contribution in [-0.4, -0.2) is 79.9 Å². The quantitative estimate of drug-likeness (QED) is 0.634. The van der Waals surface area contributed by atoms with Crippen LogP contribution in [0.4, 0.5) is 0 Å². The lowest BCUT2D eigenvalue weighted by atomic mass is 9.95. The number of rotatable bonds is 7. The molecule has 4 rings (SSSR count). The molecule has 2 heterocycles. The molecule has 2 aliphatic heterocycles. The number of methoxy groups -OCH3 is 1. The van der Waals surface area contributed by atoms with Crippen LogP contribution in [0, 0.1) is 5.92 Å². The predicted octanol–water partition coefficient (Wildman–Crippen LogP) is 3.26. The van der Waals surface area contributed by atoms with Gasteiger partial charge < -0.3 is 19.9 Å². The number of likely N-dealkylation sites (N-methyl/N-ethyl adjacent to an activating group) is 1. The fraction of sp³-hybridized carbons (Fsp3) is 0.481. The van der Waals surface area contributed by atoms with Crippen LogP contribution in [-0.2, 0) is 17.9 Å². The van der Waals surface area contributed by atoms with Crippen molar-refractivity contribution in [2.75, 3.05) is 53.4 Å². The molecule has 35 heavy (non-hydrogen) atoms. The van der Waals surface area contributed by atoms with Gasteiger partial charge in [-0.15, -0.1) is 0 Å². The van der Waals surface area contributed by atoms with Gasteiger partial charge in [0.2, 0.25) is 5.91 Å². The number of benzene rings is 2. The molecule has 2 aromatic rings. The molecule has 0 aliphatic carbocycles. The second-order valence-corrected chi connectivity index (χ2v) is 9.96. The number of likely N-dealkylation sites (tertiary alicyclic amines) is 1. The van der Waals surface area contributed by atoms with E-state index < -0.39 is 0 Å². The van der Waals surface area contributed by atoms with Gasteiger partial charge in [-0.3, -0.25) is 14.5 Å². The number of halogens is 1. The number of amides is 2. The van der Waals surface area contributed by atoms with Crippen molar-refractivity contribution in [2.24, 2.45) is 5.92 Å². The molecule has 188 valence electrons. The van der Waals surface area contributed by atoms with Gasteiger partial charge in [-0.25, -0.2) is 0 Å². The van der Waals surface area contributed by atoms with E-state index in [2.05, 4.69) is 46.4 Å². The summed E-state index contributed by atoms with van der Waals surface area (Å²) in [4.78, 5) is 32.4. The van der Waals surface area contributed by atoms with Crippen molar-refractivity contribution in [2.45, 2.75) is 25.9 Å². The lowest BCUT2D eigenvalue weighted by Crippen LogP contribution is -2.43. The van der Waals surface area contributed by atoms with Crippen molar-refractivity contribution in [3.05, 3.63) is 64.2 Å². The summed E-state index contributed by atoms with van der Waals surface area (Å²) in [5.74, 6) is 0.366. The summed E-state index contributed by atoms with van der Waals surface area (Å²) < 4.78 is 5.33. The maximum absolute atomic E-state index is 13.0. The van der Waals surface area contributed by atoms with Gasteiger partial charge in [-0.2, -0.15) is 0 Å². The van der Waals surface area contributed by atoms with E-state index in [0.717, 1.165) is 38.3 Å². The molecule has 7 nitrogen and oxygen atoms in total. The Morgan fingerprint density at radius 3 is 2.43 bits per heavy atom. The number of piperazine rings is 1. The van der Waals surface area contributed by atoms with Crippen LogP contribution < -0.4 is 10.1 Å². The Labute approximate surface area is 213 Å². The third-order valence-electron chi connectivity index (χ3n) is 7.01. The van der Waals surface area contributed by atoms with Crippen molar-refractivity contribution >= 4 is 23.4 Å². The zero-order chi connectivity index (χ0) is 24.8. The highest BCUT2D eigenvalue weighted by atomic mass is 35.5. The second-order valence-electron chi connectivity index (χ2n) is 9.53. The van der Waals surface area contributed by atoms with E-state index >= 15 is 0 Å². The molecule has 0 aromatic heterocycles. The lowest BCUT2D eigenvalue weighted by molar-refractivity contribution is -0.126. The molecule has 2 aliphatic rings. The summed E-state index contributed by atoms with van der Waals surface area (Å²) in [6.45, 7) is 6.92. The molecular weight excluding hydrogens is 464 g/mol. The second kappa shape index (κ2) is 11.9. The topological polar surface area (TPSA) is 65.1 Å². The van der Waals surface area contributed by atoms with Gasteiger partial charge in [-0.05, 0) is 49.2 Å². The van der Waals surface area contributed by atoms with Gasteiger partial charge in [0.1, 0.15) is 5.75 Å². The predicted molar refractivity (Wildman–Crippen MR) is 138 cm³/mol. The number of ether oxygens (including phenoxy) is 1. The maximum Gasteiger partial charge on any atom is 0.257 e. The van der Waals surface area contributed by atoms with Gasteiger partial charge in [0.25, 0.3) is 5.91 Å². The number of carbonyl (C=O) groups excluding carboxylic acids is 2. The van der Waals surface area contributed by atoms with E-state index in [1.54, 1.807) is 30.2 Å². The average Bonchev–Trinajstić information content (AvgIpc) is 2.88. The molecule has 0 bridgehead atoms. The molecule has 0 atom stereocenters. The maximum atomic E-state index is 13.0. The Hall–Kier alpha value is -2.61. The summed E-state index contributed by atoms with van der Waals surface area (Å²) in [6, 6.07) is 13.5. The van der Waals surface area contributed by atoms with Crippen LogP contribution in [0.25, 0.3) is 0 Å². The summed E-state index contributed by atoms with van der Waals surface area (Å²) in [7, 11) is 3.71. The zero-order valence-electron chi connectivity index (χ0n) is 20.6.